The highest BCUT2D eigenvalue weighted by atomic mass is 15.3. The van der Waals surface area contributed by atoms with E-state index in [9.17, 15) is 0 Å². The average Bonchev–Trinajstić information content (AvgIpc) is 2.76. The first-order chi connectivity index (χ1) is 8.13. The van der Waals surface area contributed by atoms with Gasteiger partial charge in [-0.3, -0.25) is 4.68 Å². The van der Waals surface area contributed by atoms with E-state index >= 15 is 0 Å². The van der Waals surface area contributed by atoms with Crippen molar-refractivity contribution in [3.8, 4) is 11.3 Å². The van der Waals surface area contributed by atoms with Crippen molar-refractivity contribution < 1.29 is 0 Å². The van der Waals surface area contributed by atoms with Crippen LogP contribution in [0.3, 0.4) is 0 Å². The molecule has 0 saturated heterocycles. The Kier molecular flexibility index (Phi) is 3.08. The lowest BCUT2D eigenvalue weighted by Crippen LogP contribution is -2.03. The number of anilines is 1. The van der Waals surface area contributed by atoms with Gasteiger partial charge in [0, 0.05) is 23.9 Å². The summed E-state index contributed by atoms with van der Waals surface area (Å²) in [6.45, 7) is 7.07. The molecular weight excluding hydrogens is 214 g/mol. The molecule has 17 heavy (non-hydrogen) atoms. The Morgan fingerprint density at radius 1 is 1.35 bits per heavy atom. The SMILES string of the molecule is CCn1cc(-c2ncnc(N)c2C(C)C)cn1. The van der Waals surface area contributed by atoms with Crippen molar-refractivity contribution in [3.63, 3.8) is 0 Å². The summed E-state index contributed by atoms with van der Waals surface area (Å²) in [7, 11) is 0. The molecule has 5 nitrogen and oxygen atoms in total. The van der Waals surface area contributed by atoms with E-state index in [1.165, 1.54) is 6.33 Å². The fourth-order valence-electron chi connectivity index (χ4n) is 1.87. The van der Waals surface area contributed by atoms with Crippen LogP contribution in [-0.2, 0) is 6.54 Å². The fourth-order valence-corrected chi connectivity index (χ4v) is 1.87. The van der Waals surface area contributed by atoms with Crippen molar-refractivity contribution in [2.24, 2.45) is 0 Å². The zero-order chi connectivity index (χ0) is 12.4. The molecule has 0 radical (unpaired) electrons. The Bertz CT molecular complexity index is 515. The van der Waals surface area contributed by atoms with E-state index in [0.717, 1.165) is 23.4 Å². The summed E-state index contributed by atoms with van der Waals surface area (Å²) in [5.41, 5.74) is 8.78. The standard InChI is InChI=1S/C12H17N5/c1-4-17-6-9(5-16-17)11-10(8(2)3)12(13)15-7-14-11/h5-8H,4H2,1-3H3,(H2,13,14,15). The molecule has 0 saturated carbocycles. The van der Waals surface area contributed by atoms with Crippen LogP contribution in [0.15, 0.2) is 18.7 Å². The van der Waals surface area contributed by atoms with E-state index in [-0.39, 0.29) is 5.92 Å². The molecule has 0 spiro atoms. The van der Waals surface area contributed by atoms with E-state index in [1.807, 2.05) is 17.1 Å². The number of nitrogens with two attached hydrogens (primary N) is 1. The zero-order valence-electron chi connectivity index (χ0n) is 10.4. The van der Waals surface area contributed by atoms with Crippen LogP contribution in [0, 0.1) is 0 Å². The van der Waals surface area contributed by atoms with Gasteiger partial charge in [-0.25, -0.2) is 9.97 Å². The van der Waals surface area contributed by atoms with Crippen molar-refractivity contribution in [2.75, 3.05) is 5.73 Å². The third kappa shape index (κ3) is 2.13. The molecule has 0 fully saturated rings. The van der Waals surface area contributed by atoms with Crippen molar-refractivity contribution in [1.29, 1.82) is 0 Å². The molecular formula is C12H17N5. The van der Waals surface area contributed by atoms with Gasteiger partial charge >= 0.3 is 0 Å². The van der Waals surface area contributed by atoms with E-state index in [0.29, 0.717) is 5.82 Å². The Morgan fingerprint density at radius 3 is 2.71 bits per heavy atom. The number of hydrogen-bond acceptors (Lipinski definition) is 4. The van der Waals surface area contributed by atoms with Gasteiger partial charge in [-0.05, 0) is 12.8 Å². The number of nitrogen functional groups attached to an aromatic ring is 1. The highest BCUT2D eigenvalue weighted by Gasteiger charge is 2.15. The van der Waals surface area contributed by atoms with Gasteiger partial charge in [-0.15, -0.1) is 0 Å². The Balaban J connectivity index is 2.54. The normalized spacial score (nSPS) is 11.1. The summed E-state index contributed by atoms with van der Waals surface area (Å²) in [5, 5.41) is 4.26. The molecule has 0 aliphatic carbocycles. The van der Waals surface area contributed by atoms with Crippen LogP contribution in [0.5, 0.6) is 0 Å². The molecule has 5 heteroatoms. The zero-order valence-corrected chi connectivity index (χ0v) is 10.4. The largest absolute Gasteiger partial charge is 0.383 e. The van der Waals surface area contributed by atoms with Crippen LogP contribution < -0.4 is 5.73 Å². The van der Waals surface area contributed by atoms with Crippen LogP contribution in [0.4, 0.5) is 5.82 Å². The van der Waals surface area contributed by atoms with Gasteiger partial charge in [0.05, 0.1) is 11.9 Å². The second-order valence-corrected chi connectivity index (χ2v) is 4.26. The van der Waals surface area contributed by atoms with Crippen molar-refractivity contribution >= 4 is 5.82 Å². The van der Waals surface area contributed by atoms with Gasteiger partial charge < -0.3 is 5.73 Å². The van der Waals surface area contributed by atoms with Crippen molar-refractivity contribution in [1.82, 2.24) is 19.7 Å². The molecule has 2 aromatic heterocycles. The van der Waals surface area contributed by atoms with Crippen LogP contribution in [0.2, 0.25) is 0 Å². The molecule has 2 heterocycles. The highest BCUT2D eigenvalue weighted by molar-refractivity contribution is 5.67. The van der Waals surface area contributed by atoms with Gasteiger partial charge in [-0.1, -0.05) is 13.8 Å². The van der Waals surface area contributed by atoms with Gasteiger partial charge in [0.15, 0.2) is 0 Å². The van der Waals surface area contributed by atoms with Gasteiger partial charge in [0.25, 0.3) is 0 Å². The predicted molar refractivity (Wildman–Crippen MR) is 67.4 cm³/mol. The molecule has 2 N–H and O–H groups in total. The summed E-state index contributed by atoms with van der Waals surface area (Å²) in [5.74, 6) is 0.838. The third-order valence-corrected chi connectivity index (χ3v) is 2.72. The minimum Gasteiger partial charge on any atom is -0.383 e. The molecule has 2 rings (SSSR count). The second-order valence-electron chi connectivity index (χ2n) is 4.26. The smallest absolute Gasteiger partial charge is 0.130 e. The maximum absolute atomic E-state index is 5.92. The van der Waals surface area contributed by atoms with E-state index in [4.69, 9.17) is 5.73 Å². The monoisotopic (exact) mass is 231 g/mol. The minimum absolute atomic E-state index is 0.288. The molecule has 0 aromatic carbocycles. The summed E-state index contributed by atoms with van der Waals surface area (Å²) < 4.78 is 1.87. The average molecular weight is 231 g/mol. The molecule has 0 unspecified atom stereocenters. The molecule has 0 aliphatic heterocycles. The molecule has 0 amide bonds. The van der Waals surface area contributed by atoms with Crippen molar-refractivity contribution in [2.45, 2.75) is 33.2 Å². The number of nitrogens with zero attached hydrogens (tertiary/aromatic N) is 4. The van der Waals surface area contributed by atoms with Crippen molar-refractivity contribution in [3.05, 3.63) is 24.3 Å². The van der Waals surface area contributed by atoms with Gasteiger partial charge in [0.2, 0.25) is 0 Å². The summed E-state index contributed by atoms with van der Waals surface area (Å²) >= 11 is 0. The van der Waals surface area contributed by atoms with E-state index in [1.54, 1.807) is 0 Å². The maximum Gasteiger partial charge on any atom is 0.130 e. The first-order valence-electron chi connectivity index (χ1n) is 5.76. The quantitative estimate of drug-likeness (QED) is 0.877. The third-order valence-electron chi connectivity index (χ3n) is 2.72. The molecule has 90 valence electrons. The fraction of sp³-hybridized carbons (Fsp3) is 0.417. The predicted octanol–water partition coefficient (Wildman–Crippen LogP) is 2.07. The van der Waals surface area contributed by atoms with Gasteiger partial charge in [0.1, 0.15) is 12.1 Å². The van der Waals surface area contributed by atoms with Crippen LogP contribution in [0.1, 0.15) is 32.3 Å². The van der Waals surface area contributed by atoms with Crippen LogP contribution in [0.25, 0.3) is 11.3 Å². The van der Waals surface area contributed by atoms with E-state index < -0.39 is 0 Å². The van der Waals surface area contributed by atoms with Gasteiger partial charge in [-0.2, -0.15) is 5.10 Å². The lowest BCUT2D eigenvalue weighted by atomic mass is 9.99. The highest BCUT2D eigenvalue weighted by Crippen LogP contribution is 2.29. The number of hydrogen-bond donors (Lipinski definition) is 1. The first-order valence-corrected chi connectivity index (χ1v) is 5.76. The summed E-state index contributed by atoms with van der Waals surface area (Å²) in [6.07, 6.45) is 5.30. The first kappa shape index (κ1) is 11.6. The number of rotatable bonds is 3. The topological polar surface area (TPSA) is 69.6 Å². The minimum atomic E-state index is 0.288. The molecule has 0 bridgehead atoms. The second kappa shape index (κ2) is 4.53. The summed E-state index contributed by atoms with van der Waals surface area (Å²) in [6, 6.07) is 0. The molecule has 2 aromatic rings. The molecule has 0 aliphatic rings. The number of aryl methyl sites for hydroxylation is 1. The maximum atomic E-state index is 5.92. The van der Waals surface area contributed by atoms with Crippen LogP contribution in [-0.4, -0.2) is 19.7 Å². The summed E-state index contributed by atoms with van der Waals surface area (Å²) in [4.78, 5) is 8.39. The Hall–Kier alpha value is -1.91. The van der Waals surface area contributed by atoms with Crippen LogP contribution >= 0.6 is 0 Å². The lowest BCUT2D eigenvalue weighted by Gasteiger charge is -2.11. The Morgan fingerprint density at radius 2 is 2.12 bits per heavy atom. The molecule has 0 atom stereocenters. The number of aromatic nitrogens is 4. The van der Waals surface area contributed by atoms with E-state index in [2.05, 4.69) is 35.8 Å². The Labute approximate surface area is 101 Å². The lowest BCUT2D eigenvalue weighted by molar-refractivity contribution is 0.660.